The van der Waals surface area contributed by atoms with E-state index in [1.54, 1.807) is 25.2 Å². The van der Waals surface area contributed by atoms with Gasteiger partial charge in [0.1, 0.15) is 5.69 Å². The first-order valence-corrected chi connectivity index (χ1v) is 5.71. The predicted molar refractivity (Wildman–Crippen MR) is 63.7 cm³/mol. The number of carbonyl (C=O) groups excluding carboxylic acids is 1. The van der Waals surface area contributed by atoms with Crippen molar-refractivity contribution < 1.29 is 9.18 Å². The summed E-state index contributed by atoms with van der Waals surface area (Å²) in [6.45, 7) is 0. The van der Waals surface area contributed by atoms with Crippen LogP contribution in [-0.4, -0.2) is 20.3 Å². The minimum absolute atomic E-state index is 0.276. The molecule has 3 heterocycles. The number of halogens is 2. The third-order valence-electron chi connectivity index (χ3n) is 2.77. The molecule has 3 aromatic rings. The molecule has 4 nitrogen and oxygen atoms in total. The van der Waals surface area contributed by atoms with Crippen LogP contribution in [-0.2, 0) is 7.05 Å². The molecule has 0 atom stereocenters. The zero-order valence-corrected chi connectivity index (χ0v) is 10.4. The highest BCUT2D eigenvalue weighted by molar-refractivity contribution is 9.10. The number of benzene rings is 1. The Balaban J connectivity index is 2.23. The summed E-state index contributed by atoms with van der Waals surface area (Å²) in [6.07, 6.45) is 1.53. The van der Waals surface area contributed by atoms with Crippen LogP contribution in [0.4, 0.5) is 4.39 Å². The van der Waals surface area contributed by atoms with E-state index in [1.807, 2.05) is 0 Å². The molecule has 2 bridgehead atoms. The third kappa shape index (κ3) is 1.27. The number of carbonyl (C=O) groups is 1. The van der Waals surface area contributed by atoms with Gasteiger partial charge in [-0.3, -0.25) is 14.0 Å². The highest BCUT2D eigenvalue weighted by Gasteiger charge is 2.23. The van der Waals surface area contributed by atoms with Gasteiger partial charge in [0.05, 0.1) is 15.5 Å². The van der Waals surface area contributed by atoms with Crippen molar-refractivity contribution >= 4 is 32.9 Å². The molecule has 86 valence electrons. The molecular formula is C11H7BrFN3O. The molecule has 0 saturated carbocycles. The number of aromatic nitrogens is 3. The maximum atomic E-state index is 13.7. The summed E-state index contributed by atoms with van der Waals surface area (Å²) in [5.74, 6) is -0.692. The molecule has 3 rings (SSSR count). The lowest BCUT2D eigenvalue weighted by molar-refractivity contribution is 0.0960. The van der Waals surface area contributed by atoms with Crippen LogP contribution in [0.25, 0.3) is 11.0 Å². The van der Waals surface area contributed by atoms with E-state index in [2.05, 4.69) is 21.0 Å². The number of hydrogen-bond acceptors (Lipinski definition) is 2. The highest BCUT2D eigenvalue weighted by atomic mass is 79.9. The Morgan fingerprint density at radius 2 is 2.06 bits per heavy atom. The van der Waals surface area contributed by atoms with Crippen molar-refractivity contribution in [1.29, 1.82) is 0 Å². The second-order valence-electron chi connectivity index (χ2n) is 3.71. The zero-order chi connectivity index (χ0) is 12.2. The van der Waals surface area contributed by atoms with Gasteiger partial charge in [0.25, 0.3) is 5.91 Å². The van der Waals surface area contributed by atoms with Gasteiger partial charge in [-0.1, -0.05) is 0 Å². The molecule has 0 fully saturated rings. The van der Waals surface area contributed by atoms with Gasteiger partial charge in [-0.15, -0.1) is 0 Å². The molecule has 0 N–H and O–H groups in total. The Morgan fingerprint density at radius 1 is 1.35 bits per heavy atom. The molecule has 0 unspecified atom stereocenters. The van der Waals surface area contributed by atoms with E-state index in [1.165, 1.54) is 15.4 Å². The summed E-state index contributed by atoms with van der Waals surface area (Å²) < 4.78 is 16.8. The smallest absolute Gasteiger partial charge is 0.271 e. The maximum Gasteiger partial charge on any atom is 0.281 e. The van der Waals surface area contributed by atoms with Gasteiger partial charge in [0.15, 0.2) is 5.82 Å². The van der Waals surface area contributed by atoms with E-state index >= 15 is 0 Å². The van der Waals surface area contributed by atoms with Crippen molar-refractivity contribution in [2.75, 3.05) is 0 Å². The van der Waals surface area contributed by atoms with Crippen LogP contribution in [0, 0.1) is 5.82 Å². The van der Waals surface area contributed by atoms with Crippen molar-refractivity contribution in [2.24, 2.45) is 7.05 Å². The van der Waals surface area contributed by atoms with E-state index in [0.29, 0.717) is 15.7 Å². The molecule has 3 aromatic heterocycles. The first kappa shape index (κ1) is 10.5. The Bertz CT molecular complexity index is 681. The largest absolute Gasteiger partial charge is 0.281 e. The van der Waals surface area contributed by atoms with Crippen LogP contribution in [0.3, 0.4) is 0 Å². The number of nitrogens with zero attached hydrogens (tertiary/aromatic N) is 3. The summed E-state index contributed by atoms with van der Waals surface area (Å²) in [4.78, 5) is 12.3. The summed E-state index contributed by atoms with van der Waals surface area (Å²) in [6, 6.07) is 4.90. The van der Waals surface area contributed by atoms with E-state index in [9.17, 15) is 9.18 Å². The fourth-order valence-electron chi connectivity index (χ4n) is 1.92. The van der Waals surface area contributed by atoms with Crippen molar-refractivity contribution in [3.05, 3.63) is 40.4 Å². The summed E-state index contributed by atoms with van der Waals surface area (Å²) in [7, 11) is 1.67. The number of fused-ring (bicyclic) bond motifs is 2. The molecule has 0 aromatic carbocycles. The first-order valence-electron chi connectivity index (χ1n) is 4.91. The fourth-order valence-corrected chi connectivity index (χ4v) is 2.43. The molecule has 0 aliphatic rings. The Labute approximate surface area is 104 Å². The Morgan fingerprint density at radius 3 is 2.59 bits per heavy atom. The lowest BCUT2D eigenvalue weighted by Gasteiger charge is -2.02. The molecule has 6 heteroatoms. The standard InChI is InChI=1S/C11H7BrFN3O/c1-15-8(4-5-14-15)11(17)16-6-2-3-7(16)10(13)9(6)12/h2-5H,1H3. The Kier molecular flexibility index (Phi) is 2.09. The molecule has 0 saturated heterocycles. The second-order valence-corrected chi connectivity index (χ2v) is 4.51. The van der Waals surface area contributed by atoms with Crippen molar-refractivity contribution in [1.82, 2.24) is 14.3 Å². The number of aryl methyl sites for hydroxylation is 1. The van der Waals surface area contributed by atoms with Crippen molar-refractivity contribution in [2.45, 2.75) is 0 Å². The Hall–Kier alpha value is -1.69. The molecule has 0 aliphatic carbocycles. The number of hydrogen-bond donors (Lipinski definition) is 0. The van der Waals surface area contributed by atoms with E-state index < -0.39 is 5.82 Å². The van der Waals surface area contributed by atoms with Crippen LogP contribution in [0.15, 0.2) is 28.9 Å². The zero-order valence-electron chi connectivity index (χ0n) is 8.82. The second kappa shape index (κ2) is 3.40. The predicted octanol–water partition coefficient (Wildman–Crippen LogP) is 2.40. The van der Waals surface area contributed by atoms with E-state index in [0.717, 1.165) is 0 Å². The molecule has 0 aliphatic heterocycles. The SMILES string of the molecule is Cn1nccc1C(=O)n1c2ccc1c(Br)c2F. The molecule has 0 radical (unpaired) electrons. The number of rotatable bonds is 1. The molecule has 17 heavy (non-hydrogen) atoms. The summed E-state index contributed by atoms with van der Waals surface area (Å²) in [5, 5.41) is 3.93. The van der Waals surface area contributed by atoms with Crippen LogP contribution in [0.1, 0.15) is 10.5 Å². The lowest BCUT2D eigenvalue weighted by Crippen LogP contribution is -2.14. The normalized spacial score (nSPS) is 11.5. The fraction of sp³-hybridized carbons (Fsp3) is 0.0909. The maximum absolute atomic E-state index is 13.7. The summed E-state index contributed by atoms with van der Waals surface area (Å²) >= 11 is 3.13. The summed E-state index contributed by atoms with van der Waals surface area (Å²) in [5.41, 5.74) is 1.22. The molecular weight excluding hydrogens is 289 g/mol. The monoisotopic (exact) mass is 295 g/mol. The minimum Gasteiger partial charge on any atom is -0.271 e. The van der Waals surface area contributed by atoms with Crippen molar-refractivity contribution in [3.8, 4) is 0 Å². The molecule has 0 spiro atoms. The van der Waals surface area contributed by atoms with Gasteiger partial charge in [-0.25, -0.2) is 4.39 Å². The highest BCUT2D eigenvalue weighted by Crippen LogP contribution is 2.32. The lowest BCUT2D eigenvalue weighted by atomic mass is 10.4. The van der Waals surface area contributed by atoms with Crippen LogP contribution < -0.4 is 0 Å². The topological polar surface area (TPSA) is 39.8 Å². The van der Waals surface area contributed by atoms with Gasteiger partial charge < -0.3 is 0 Å². The van der Waals surface area contributed by atoms with E-state index in [4.69, 9.17) is 0 Å². The molecule has 0 amide bonds. The third-order valence-corrected chi connectivity index (χ3v) is 3.52. The van der Waals surface area contributed by atoms with Crippen molar-refractivity contribution in [3.63, 3.8) is 0 Å². The first-order chi connectivity index (χ1) is 8.11. The van der Waals surface area contributed by atoms with Crippen LogP contribution >= 0.6 is 15.9 Å². The van der Waals surface area contributed by atoms with Gasteiger partial charge in [0.2, 0.25) is 0 Å². The average Bonchev–Trinajstić information content (AvgIpc) is 2.95. The van der Waals surface area contributed by atoms with E-state index in [-0.39, 0.29) is 11.4 Å². The van der Waals surface area contributed by atoms with Gasteiger partial charge in [-0.05, 0) is 34.1 Å². The van der Waals surface area contributed by atoms with Crippen LogP contribution in [0.2, 0.25) is 0 Å². The van der Waals surface area contributed by atoms with Gasteiger partial charge in [-0.2, -0.15) is 5.10 Å². The van der Waals surface area contributed by atoms with Gasteiger partial charge in [0, 0.05) is 13.2 Å². The minimum atomic E-state index is -0.405. The average molecular weight is 296 g/mol. The quantitative estimate of drug-likeness (QED) is 0.692. The van der Waals surface area contributed by atoms with Crippen LogP contribution in [0.5, 0.6) is 0 Å². The van der Waals surface area contributed by atoms with Gasteiger partial charge >= 0.3 is 0 Å².